The van der Waals surface area contributed by atoms with Gasteiger partial charge in [-0.15, -0.1) is 0 Å². The quantitative estimate of drug-likeness (QED) is 0.579. The van der Waals surface area contributed by atoms with E-state index in [1.165, 1.54) is 6.42 Å². The maximum Gasteiger partial charge on any atom is 0.0123 e. The summed E-state index contributed by atoms with van der Waals surface area (Å²) in [5.74, 6) is 0. The van der Waals surface area contributed by atoms with E-state index in [-0.39, 0.29) is 0 Å². The zero-order valence-electron chi connectivity index (χ0n) is 6.96. The van der Waals surface area contributed by atoms with Gasteiger partial charge in [0.05, 0.1) is 0 Å². The molecule has 0 saturated carbocycles. The third kappa shape index (κ3) is 6.56. The van der Waals surface area contributed by atoms with Crippen molar-refractivity contribution < 1.29 is 0 Å². The van der Waals surface area contributed by atoms with Crippen molar-refractivity contribution in [3.05, 3.63) is 11.5 Å². The first-order chi connectivity index (χ1) is 4.81. The molecule has 1 unspecified atom stereocenters. The summed E-state index contributed by atoms with van der Waals surface area (Å²) in [5.41, 5.74) is 0. The molecule has 0 aromatic heterocycles. The van der Waals surface area contributed by atoms with Crippen LogP contribution in [-0.4, -0.2) is 5.25 Å². The lowest BCUT2D eigenvalue weighted by Gasteiger charge is -2.02. The molecule has 0 fully saturated rings. The number of hydrogen-bond acceptors (Lipinski definition) is 2. The Balaban J connectivity index is 3.10. The molecule has 0 spiro atoms. The van der Waals surface area contributed by atoms with Crippen molar-refractivity contribution >= 4 is 21.6 Å². The highest BCUT2D eigenvalue weighted by atomic mass is 33.1. The molecule has 0 aromatic carbocycles. The Hall–Kier alpha value is 0.440. The number of allylic oxidation sites excluding steroid dienone is 1. The van der Waals surface area contributed by atoms with Crippen molar-refractivity contribution in [3.63, 3.8) is 0 Å². The molecule has 0 amide bonds. The van der Waals surface area contributed by atoms with E-state index in [1.54, 1.807) is 0 Å². The standard InChI is InChI=1S/C8H16S2/c1-4-6-7-9-10-8(3)5-2/h6-8H,4-5H2,1-3H3/b7-6+. The van der Waals surface area contributed by atoms with Crippen LogP contribution >= 0.6 is 21.6 Å². The van der Waals surface area contributed by atoms with Gasteiger partial charge in [-0.05, 0) is 18.2 Å². The van der Waals surface area contributed by atoms with Crippen molar-refractivity contribution in [2.45, 2.75) is 38.9 Å². The second-order valence-corrected chi connectivity index (χ2v) is 4.81. The monoisotopic (exact) mass is 176 g/mol. The zero-order chi connectivity index (χ0) is 7.82. The fraction of sp³-hybridized carbons (Fsp3) is 0.750. The molecule has 1 atom stereocenters. The van der Waals surface area contributed by atoms with E-state index in [2.05, 4.69) is 32.3 Å². The highest BCUT2D eigenvalue weighted by Gasteiger charge is 1.95. The van der Waals surface area contributed by atoms with E-state index < -0.39 is 0 Å². The molecule has 0 saturated heterocycles. The molecular formula is C8H16S2. The topological polar surface area (TPSA) is 0 Å². The molecule has 0 rings (SSSR count). The highest BCUT2D eigenvalue weighted by Crippen LogP contribution is 2.29. The molecule has 2 heteroatoms. The Morgan fingerprint density at radius 3 is 2.60 bits per heavy atom. The summed E-state index contributed by atoms with van der Waals surface area (Å²) in [4.78, 5) is 0. The maximum atomic E-state index is 2.26. The Bertz CT molecular complexity index is 89.3. The van der Waals surface area contributed by atoms with E-state index >= 15 is 0 Å². The van der Waals surface area contributed by atoms with Crippen molar-refractivity contribution in [3.8, 4) is 0 Å². The minimum atomic E-state index is 0.784. The highest BCUT2D eigenvalue weighted by molar-refractivity contribution is 8.78. The van der Waals surface area contributed by atoms with Gasteiger partial charge in [-0.2, -0.15) is 0 Å². The average Bonchev–Trinajstić information content (AvgIpc) is 1.98. The lowest BCUT2D eigenvalue weighted by Crippen LogP contribution is -1.87. The average molecular weight is 176 g/mol. The van der Waals surface area contributed by atoms with Gasteiger partial charge >= 0.3 is 0 Å². The van der Waals surface area contributed by atoms with Gasteiger partial charge in [0.15, 0.2) is 0 Å². The van der Waals surface area contributed by atoms with Gasteiger partial charge in [0.25, 0.3) is 0 Å². The maximum absolute atomic E-state index is 2.26. The van der Waals surface area contributed by atoms with Crippen LogP contribution in [0.5, 0.6) is 0 Å². The van der Waals surface area contributed by atoms with Crippen LogP contribution in [0.4, 0.5) is 0 Å². The van der Waals surface area contributed by atoms with Crippen LogP contribution in [0.2, 0.25) is 0 Å². The van der Waals surface area contributed by atoms with Gasteiger partial charge in [0.2, 0.25) is 0 Å². The first-order valence-electron chi connectivity index (χ1n) is 3.78. The smallest absolute Gasteiger partial charge is 0.0123 e. The lowest BCUT2D eigenvalue weighted by atomic mass is 10.4. The zero-order valence-corrected chi connectivity index (χ0v) is 8.60. The molecule has 0 heterocycles. The fourth-order valence-corrected chi connectivity index (χ4v) is 2.40. The SMILES string of the molecule is CC/C=C/SSC(C)CC. The van der Waals surface area contributed by atoms with E-state index in [1.807, 2.05) is 21.6 Å². The van der Waals surface area contributed by atoms with E-state index in [9.17, 15) is 0 Å². The summed E-state index contributed by atoms with van der Waals surface area (Å²) in [6.07, 6.45) is 4.60. The lowest BCUT2D eigenvalue weighted by molar-refractivity contribution is 0.912. The van der Waals surface area contributed by atoms with E-state index in [4.69, 9.17) is 0 Å². The molecule has 0 aliphatic rings. The molecule has 10 heavy (non-hydrogen) atoms. The van der Waals surface area contributed by atoms with Crippen LogP contribution in [0, 0.1) is 0 Å². The summed E-state index contributed by atoms with van der Waals surface area (Å²) in [7, 11) is 3.79. The minimum Gasteiger partial charge on any atom is -0.0864 e. The van der Waals surface area contributed by atoms with Crippen LogP contribution < -0.4 is 0 Å². The molecule has 0 bridgehead atoms. The predicted octanol–water partition coefficient (Wildman–Crippen LogP) is 4.09. The molecule has 0 aromatic rings. The van der Waals surface area contributed by atoms with Crippen molar-refractivity contribution in [1.82, 2.24) is 0 Å². The van der Waals surface area contributed by atoms with Crippen molar-refractivity contribution in [2.75, 3.05) is 0 Å². The summed E-state index contributed by atoms with van der Waals surface area (Å²) in [5, 5.41) is 2.96. The number of hydrogen-bond donors (Lipinski definition) is 0. The molecule has 0 nitrogen and oxygen atoms in total. The fourth-order valence-electron chi connectivity index (χ4n) is 0.330. The van der Waals surface area contributed by atoms with E-state index in [0.717, 1.165) is 11.7 Å². The van der Waals surface area contributed by atoms with Crippen LogP contribution in [0.25, 0.3) is 0 Å². The Labute approximate surface area is 72.3 Å². The van der Waals surface area contributed by atoms with Gasteiger partial charge in [-0.1, -0.05) is 48.4 Å². The molecule has 0 aliphatic carbocycles. The largest absolute Gasteiger partial charge is 0.0864 e. The van der Waals surface area contributed by atoms with Gasteiger partial charge in [-0.3, -0.25) is 0 Å². The second-order valence-electron chi connectivity index (χ2n) is 2.19. The number of rotatable bonds is 5. The molecule has 60 valence electrons. The Kier molecular flexibility index (Phi) is 7.88. The van der Waals surface area contributed by atoms with Crippen LogP contribution in [0.15, 0.2) is 11.5 Å². The van der Waals surface area contributed by atoms with Crippen molar-refractivity contribution in [2.24, 2.45) is 0 Å². The first-order valence-corrected chi connectivity index (χ1v) is 6.06. The summed E-state index contributed by atoms with van der Waals surface area (Å²) >= 11 is 0. The van der Waals surface area contributed by atoms with Crippen molar-refractivity contribution in [1.29, 1.82) is 0 Å². The van der Waals surface area contributed by atoms with Crippen LogP contribution in [0.1, 0.15) is 33.6 Å². The third-order valence-electron chi connectivity index (χ3n) is 1.18. The molecular weight excluding hydrogens is 160 g/mol. The second kappa shape index (κ2) is 7.55. The predicted molar refractivity (Wildman–Crippen MR) is 54.4 cm³/mol. The third-order valence-corrected chi connectivity index (χ3v) is 3.91. The Morgan fingerprint density at radius 2 is 2.10 bits per heavy atom. The van der Waals surface area contributed by atoms with Crippen LogP contribution in [-0.2, 0) is 0 Å². The summed E-state index contributed by atoms with van der Waals surface area (Å²) in [6, 6.07) is 0. The minimum absolute atomic E-state index is 0.784. The summed E-state index contributed by atoms with van der Waals surface area (Å²) in [6.45, 7) is 6.64. The van der Waals surface area contributed by atoms with Gasteiger partial charge in [0.1, 0.15) is 0 Å². The Morgan fingerprint density at radius 1 is 1.40 bits per heavy atom. The first kappa shape index (κ1) is 10.4. The molecule has 0 aliphatic heterocycles. The molecule has 0 radical (unpaired) electrons. The van der Waals surface area contributed by atoms with Gasteiger partial charge in [-0.25, -0.2) is 0 Å². The van der Waals surface area contributed by atoms with Gasteiger partial charge < -0.3 is 0 Å². The van der Waals surface area contributed by atoms with E-state index in [0.29, 0.717) is 0 Å². The molecule has 0 N–H and O–H groups in total. The normalized spacial score (nSPS) is 14.3. The summed E-state index contributed by atoms with van der Waals surface area (Å²) < 4.78 is 0. The van der Waals surface area contributed by atoms with Crippen LogP contribution in [0.3, 0.4) is 0 Å². The van der Waals surface area contributed by atoms with Gasteiger partial charge in [0, 0.05) is 5.25 Å².